The van der Waals surface area contributed by atoms with E-state index in [1.165, 1.54) is 5.56 Å². The Labute approximate surface area is 113 Å². The van der Waals surface area contributed by atoms with Gasteiger partial charge in [0.05, 0.1) is 0 Å². The molecule has 0 spiro atoms. The van der Waals surface area contributed by atoms with Gasteiger partial charge in [-0.3, -0.25) is 0 Å². The second-order valence-electron chi connectivity index (χ2n) is 4.62. The molecule has 2 aromatic rings. The summed E-state index contributed by atoms with van der Waals surface area (Å²) >= 11 is 0. The number of aromatic nitrogens is 3. The Morgan fingerprint density at radius 1 is 1.26 bits per heavy atom. The SMILES string of the molecule is CCc1ccnc(Nc2ncc(C)c(N(C)C)n2)c1. The number of nitrogens with zero attached hydrogens (tertiary/aromatic N) is 4. The third-order valence-electron chi connectivity index (χ3n) is 2.84. The van der Waals surface area contributed by atoms with Crippen molar-refractivity contribution in [2.24, 2.45) is 0 Å². The van der Waals surface area contributed by atoms with Crippen LogP contribution in [0, 0.1) is 6.92 Å². The maximum Gasteiger partial charge on any atom is 0.230 e. The van der Waals surface area contributed by atoms with E-state index in [1.807, 2.05) is 44.2 Å². The van der Waals surface area contributed by atoms with Crippen LogP contribution in [0.3, 0.4) is 0 Å². The fraction of sp³-hybridized carbons (Fsp3) is 0.357. The van der Waals surface area contributed by atoms with Gasteiger partial charge >= 0.3 is 0 Å². The molecule has 0 bridgehead atoms. The van der Waals surface area contributed by atoms with Gasteiger partial charge in [0.25, 0.3) is 0 Å². The Morgan fingerprint density at radius 2 is 2.05 bits per heavy atom. The van der Waals surface area contributed by atoms with Crippen LogP contribution < -0.4 is 10.2 Å². The number of hydrogen-bond donors (Lipinski definition) is 1. The molecule has 0 aliphatic heterocycles. The predicted molar refractivity (Wildman–Crippen MR) is 78.0 cm³/mol. The summed E-state index contributed by atoms with van der Waals surface area (Å²) in [5.74, 6) is 2.24. The van der Waals surface area contributed by atoms with Gasteiger partial charge in [-0.2, -0.15) is 4.98 Å². The number of aryl methyl sites for hydroxylation is 2. The van der Waals surface area contributed by atoms with Crippen molar-refractivity contribution in [2.45, 2.75) is 20.3 Å². The summed E-state index contributed by atoms with van der Waals surface area (Å²) in [6.45, 7) is 4.11. The van der Waals surface area contributed by atoms with Crippen LogP contribution in [0.15, 0.2) is 24.5 Å². The molecule has 2 heterocycles. The second kappa shape index (κ2) is 5.65. The van der Waals surface area contributed by atoms with Crippen LogP contribution in [-0.4, -0.2) is 29.0 Å². The third kappa shape index (κ3) is 3.19. The van der Waals surface area contributed by atoms with Crippen molar-refractivity contribution in [2.75, 3.05) is 24.3 Å². The minimum absolute atomic E-state index is 0.565. The highest BCUT2D eigenvalue weighted by molar-refractivity contribution is 5.53. The molecule has 0 aromatic carbocycles. The molecule has 1 N–H and O–H groups in total. The lowest BCUT2D eigenvalue weighted by Gasteiger charge is -2.15. The Hall–Kier alpha value is -2.17. The first-order chi connectivity index (χ1) is 9.10. The largest absolute Gasteiger partial charge is 0.362 e. The summed E-state index contributed by atoms with van der Waals surface area (Å²) in [5.41, 5.74) is 2.28. The van der Waals surface area contributed by atoms with Crippen molar-refractivity contribution in [1.29, 1.82) is 0 Å². The highest BCUT2D eigenvalue weighted by atomic mass is 15.2. The monoisotopic (exact) mass is 257 g/mol. The summed E-state index contributed by atoms with van der Waals surface area (Å²) in [7, 11) is 3.93. The summed E-state index contributed by atoms with van der Waals surface area (Å²) < 4.78 is 0. The van der Waals surface area contributed by atoms with Gasteiger partial charge in [0, 0.05) is 32.1 Å². The van der Waals surface area contributed by atoms with Gasteiger partial charge in [-0.25, -0.2) is 9.97 Å². The zero-order chi connectivity index (χ0) is 13.8. The molecule has 19 heavy (non-hydrogen) atoms. The van der Waals surface area contributed by atoms with Crippen LogP contribution in [0.1, 0.15) is 18.1 Å². The van der Waals surface area contributed by atoms with E-state index in [2.05, 4.69) is 27.2 Å². The van der Waals surface area contributed by atoms with E-state index in [9.17, 15) is 0 Å². The molecule has 2 rings (SSSR count). The molecule has 0 aliphatic rings. The van der Waals surface area contributed by atoms with E-state index >= 15 is 0 Å². The summed E-state index contributed by atoms with van der Waals surface area (Å²) in [5, 5.41) is 3.14. The number of pyridine rings is 1. The number of nitrogens with one attached hydrogen (secondary N) is 1. The minimum atomic E-state index is 0.565. The number of rotatable bonds is 4. The Bertz CT molecular complexity index is 566. The fourth-order valence-electron chi connectivity index (χ4n) is 1.82. The van der Waals surface area contributed by atoms with Gasteiger partial charge in [-0.1, -0.05) is 6.92 Å². The van der Waals surface area contributed by atoms with Crippen LogP contribution in [-0.2, 0) is 6.42 Å². The molecule has 0 unspecified atom stereocenters. The van der Waals surface area contributed by atoms with E-state index < -0.39 is 0 Å². The average molecular weight is 257 g/mol. The molecule has 0 radical (unpaired) electrons. The van der Waals surface area contributed by atoms with Gasteiger partial charge in [0.1, 0.15) is 11.6 Å². The molecule has 5 heteroatoms. The van der Waals surface area contributed by atoms with Gasteiger partial charge < -0.3 is 10.2 Å². The molecule has 2 aromatic heterocycles. The van der Waals surface area contributed by atoms with Crippen molar-refractivity contribution >= 4 is 17.6 Å². The highest BCUT2D eigenvalue weighted by Gasteiger charge is 2.06. The molecule has 0 fully saturated rings. The molecule has 0 amide bonds. The van der Waals surface area contributed by atoms with E-state index in [-0.39, 0.29) is 0 Å². The first-order valence-corrected chi connectivity index (χ1v) is 6.33. The quantitative estimate of drug-likeness (QED) is 0.912. The Balaban J connectivity index is 2.25. The second-order valence-corrected chi connectivity index (χ2v) is 4.62. The molecular weight excluding hydrogens is 238 g/mol. The maximum atomic E-state index is 4.49. The van der Waals surface area contributed by atoms with Crippen molar-refractivity contribution < 1.29 is 0 Å². The minimum Gasteiger partial charge on any atom is -0.362 e. The molecule has 0 saturated heterocycles. The summed E-state index contributed by atoms with van der Waals surface area (Å²) in [6, 6.07) is 4.02. The highest BCUT2D eigenvalue weighted by Crippen LogP contribution is 2.18. The first kappa shape index (κ1) is 13.3. The van der Waals surface area contributed by atoms with Crippen LogP contribution >= 0.6 is 0 Å². The molecule has 0 aliphatic carbocycles. The van der Waals surface area contributed by atoms with Gasteiger partial charge in [0.2, 0.25) is 5.95 Å². The van der Waals surface area contributed by atoms with Crippen molar-refractivity contribution in [3.05, 3.63) is 35.7 Å². The number of hydrogen-bond acceptors (Lipinski definition) is 5. The smallest absolute Gasteiger partial charge is 0.230 e. The third-order valence-corrected chi connectivity index (χ3v) is 2.84. The fourth-order valence-corrected chi connectivity index (χ4v) is 1.82. The summed E-state index contributed by atoms with van der Waals surface area (Å²) in [6.07, 6.45) is 4.59. The van der Waals surface area contributed by atoms with Gasteiger partial charge in [-0.05, 0) is 31.0 Å². The Morgan fingerprint density at radius 3 is 2.74 bits per heavy atom. The van der Waals surface area contributed by atoms with E-state index in [0.29, 0.717) is 5.95 Å². The zero-order valence-electron chi connectivity index (χ0n) is 11.8. The molecule has 5 nitrogen and oxygen atoms in total. The molecule has 100 valence electrons. The molecule has 0 atom stereocenters. The Kier molecular flexibility index (Phi) is 3.94. The lowest BCUT2D eigenvalue weighted by molar-refractivity contribution is 1.01. The van der Waals surface area contributed by atoms with Gasteiger partial charge in [-0.15, -0.1) is 0 Å². The number of anilines is 3. The van der Waals surface area contributed by atoms with Crippen molar-refractivity contribution in [3.8, 4) is 0 Å². The first-order valence-electron chi connectivity index (χ1n) is 6.33. The van der Waals surface area contributed by atoms with Crippen LogP contribution in [0.2, 0.25) is 0 Å². The normalized spacial score (nSPS) is 10.3. The lowest BCUT2D eigenvalue weighted by Crippen LogP contribution is -2.14. The van der Waals surface area contributed by atoms with E-state index in [1.54, 1.807) is 6.20 Å². The predicted octanol–water partition coefficient (Wildman–Crippen LogP) is 2.55. The van der Waals surface area contributed by atoms with E-state index in [0.717, 1.165) is 23.6 Å². The van der Waals surface area contributed by atoms with Gasteiger partial charge in [0.15, 0.2) is 0 Å². The van der Waals surface area contributed by atoms with Crippen LogP contribution in [0.5, 0.6) is 0 Å². The van der Waals surface area contributed by atoms with Crippen molar-refractivity contribution in [3.63, 3.8) is 0 Å². The molecule has 0 saturated carbocycles. The summed E-state index contributed by atoms with van der Waals surface area (Å²) in [4.78, 5) is 15.0. The zero-order valence-corrected chi connectivity index (χ0v) is 11.8. The lowest BCUT2D eigenvalue weighted by atomic mass is 10.2. The topological polar surface area (TPSA) is 53.9 Å². The van der Waals surface area contributed by atoms with Crippen LogP contribution in [0.25, 0.3) is 0 Å². The maximum absolute atomic E-state index is 4.49. The molecular formula is C14H19N5. The standard InChI is InChI=1S/C14H19N5/c1-5-11-6-7-15-12(8-11)17-14-16-9-10(2)13(18-14)19(3)4/h6-9H,5H2,1-4H3,(H,15,16,17,18). The van der Waals surface area contributed by atoms with Crippen LogP contribution in [0.4, 0.5) is 17.6 Å². The van der Waals surface area contributed by atoms with E-state index in [4.69, 9.17) is 0 Å². The van der Waals surface area contributed by atoms with Crippen molar-refractivity contribution in [1.82, 2.24) is 15.0 Å². The average Bonchev–Trinajstić information content (AvgIpc) is 2.41.